The summed E-state index contributed by atoms with van der Waals surface area (Å²) in [6, 6.07) is 14.2. The van der Waals surface area contributed by atoms with E-state index in [-0.39, 0.29) is 14.8 Å². The second-order valence-corrected chi connectivity index (χ2v) is 6.32. The standard InChI is InChI=1S/C15H11NO5S/c17-14(10-21-11-6-2-1-3-7-11)16-15(18)12-8-4-5-9-13(12)22(16,19)20/h1-9H,10H2. The average Bonchev–Trinajstić information content (AvgIpc) is 2.73. The highest BCUT2D eigenvalue weighted by atomic mass is 32.2. The molecule has 22 heavy (non-hydrogen) atoms. The van der Waals surface area contributed by atoms with Gasteiger partial charge in [0.05, 0.1) is 5.56 Å². The summed E-state index contributed by atoms with van der Waals surface area (Å²) in [5.41, 5.74) is -0.00411. The summed E-state index contributed by atoms with van der Waals surface area (Å²) in [4.78, 5) is 24.1. The molecule has 0 N–H and O–H groups in total. The van der Waals surface area contributed by atoms with E-state index in [1.54, 1.807) is 36.4 Å². The summed E-state index contributed by atoms with van der Waals surface area (Å²) >= 11 is 0. The number of amides is 2. The third kappa shape index (κ3) is 2.25. The highest BCUT2D eigenvalue weighted by Crippen LogP contribution is 2.30. The van der Waals surface area contributed by atoms with Gasteiger partial charge >= 0.3 is 0 Å². The van der Waals surface area contributed by atoms with Crippen molar-refractivity contribution in [2.75, 3.05) is 6.61 Å². The van der Waals surface area contributed by atoms with E-state index < -0.39 is 28.4 Å². The van der Waals surface area contributed by atoms with E-state index in [1.807, 2.05) is 0 Å². The molecule has 1 heterocycles. The smallest absolute Gasteiger partial charge is 0.281 e. The van der Waals surface area contributed by atoms with Crippen LogP contribution in [0.3, 0.4) is 0 Å². The molecule has 0 unspecified atom stereocenters. The number of carbonyl (C=O) groups excluding carboxylic acids is 2. The first-order valence-corrected chi connectivity index (χ1v) is 7.85. The van der Waals surface area contributed by atoms with Crippen molar-refractivity contribution in [2.24, 2.45) is 0 Å². The molecule has 0 aliphatic carbocycles. The number of imide groups is 1. The number of rotatable bonds is 3. The first kappa shape index (κ1) is 14.3. The Bertz CT molecular complexity index is 845. The third-order valence-electron chi connectivity index (χ3n) is 3.15. The van der Waals surface area contributed by atoms with Crippen LogP contribution in [0, 0.1) is 0 Å². The van der Waals surface area contributed by atoms with Gasteiger partial charge in [-0.25, -0.2) is 8.42 Å². The Morgan fingerprint density at radius 2 is 1.64 bits per heavy atom. The minimum Gasteiger partial charge on any atom is -0.484 e. The van der Waals surface area contributed by atoms with Gasteiger partial charge in [-0.3, -0.25) is 9.59 Å². The topological polar surface area (TPSA) is 80.8 Å². The van der Waals surface area contributed by atoms with Gasteiger partial charge < -0.3 is 4.74 Å². The number of ether oxygens (including phenoxy) is 1. The highest BCUT2D eigenvalue weighted by Gasteiger charge is 2.45. The van der Waals surface area contributed by atoms with Gasteiger partial charge in [-0.2, -0.15) is 4.31 Å². The fourth-order valence-corrected chi connectivity index (χ4v) is 3.67. The zero-order chi connectivity index (χ0) is 15.7. The number of carbonyl (C=O) groups is 2. The van der Waals surface area contributed by atoms with E-state index in [9.17, 15) is 18.0 Å². The summed E-state index contributed by atoms with van der Waals surface area (Å²) in [5.74, 6) is -1.36. The molecule has 2 aromatic carbocycles. The summed E-state index contributed by atoms with van der Waals surface area (Å²) in [6.07, 6.45) is 0. The van der Waals surface area contributed by atoms with Crippen LogP contribution < -0.4 is 4.74 Å². The fourth-order valence-electron chi connectivity index (χ4n) is 2.15. The Morgan fingerprint density at radius 1 is 1.00 bits per heavy atom. The van der Waals surface area contributed by atoms with Crippen LogP contribution in [0.1, 0.15) is 10.4 Å². The van der Waals surface area contributed by atoms with Crippen LogP contribution in [0.4, 0.5) is 0 Å². The van der Waals surface area contributed by atoms with Crippen LogP contribution >= 0.6 is 0 Å². The first-order chi connectivity index (χ1) is 10.5. The monoisotopic (exact) mass is 317 g/mol. The summed E-state index contributed by atoms with van der Waals surface area (Å²) in [5, 5.41) is 0. The number of nitrogens with zero attached hydrogens (tertiary/aromatic N) is 1. The van der Waals surface area contributed by atoms with E-state index in [0.717, 1.165) is 0 Å². The van der Waals surface area contributed by atoms with Gasteiger partial charge in [-0.1, -0.05) is 30.3 Å². The third-order valence-corrected chi connectivity index (χ3v) is 4.91. The van der Waals surface area contributed by atoms with Gasteiger partial charge in [0.15, 0.2) is 6.61 Å². The lowest BCUT2D eigenvalue weighted by molar-refractivity contribution is -0.126. The van der Waals surface area contributed by atoms with Crippen molar-refractivity contribution in [3.8, 4) is 5.75 Å². The Kier molecular flexibility index (Phi) is 3.42. The van der Waals surface area contributed by atoms with Gasteiger partial charge in [0.1, 0.15) is 10.6 Å². The molecular weight excluding hydrogens is 306 g/mol. The zero-order valence-electron chi connectivity index (χ0n) is 11.3. The molecule has 0 saturated heterocycles. The van der Waals surface area contributed by atoms with Crippen LogP contribution in [0.2, 0.25) is 0 Å². The van der Waals surface area contributed by atoms with Crippen molar-refractivity contribution in [1.82, 2.24) is 4.31 Å². The Morgan fingerprint density at radius 3 is 2.32 bits per heavy atom. The summed E-state index contributed by atoms with van der Waals surface area (Å²) in [6.45, 7) is -0.539. The molecule has 0 spiro atoms. The van der Waals surface area contributed by atoms with Crippen molar-refractivity contribution in [2.45, 2.75) is 4.90 Å². The Labute approximate surface area is 127 Å². The number of benzene rings is 2. The number of hydrogen-bond donors (Lipinski definition) is 0. The molecule has 1 aliphatic heterocycles. The molecule has 1 aliphatic rings. The molecular formula is C15H11NO5S. The minimum atomic E-state index is -4.14. The second kappa shape index (κ2) is 5.27. The average molecular weight is 317 g/mol. The molecule has 0 bridgehead atoms. The van der Waals surface area contributed by atoms with Gasteiger partial charge in [-0.15, -0.1) is 0 Å². The lowest BCUT2D eigenvalue weighted by Crippen LogP contribution is -2.39. The van der Waals surface area contributed by atoms with Crippen molar-refractivity contribution < 1.29 is 22.7 Å². The normalized spacial score (nSPS) is 15.5. The predicted molar refractivity (Wildman–Crippen MR) is 76.7 cm³/mol. The number of sulfonamides is 1. The van der Waals surface area contributed by atoms with Crippen molar-refractivity contribution in [1.29, 1.82) is 0 Å². The van der Waals surface area contributed by atoms with Crippen molar-refractivity contribution in [3.05, 3.63) is 60.2 Å². The second-order valence-electron chi connectivity index (χ2n) is 4.57. The molecule has 0 aromatic heterocycles. The number of fused-ring (bicyclic) bond motifs is 1. The molecule has 3 rings (SSSR count). The molecule has 0 radical (unpaired) electrons. The Balaban J connectivity index is 1.84. The van der Waals surface area contributed by atoms with E-state index in [4.69, 9.17) is 4.74 Å². The van der Waals surface area contributed by atoms with Crippen molar-refractivity contribution >= 4 is 21.8 Å². The Hall–Kier alpha value is -2.67. The molecule has 6 nitrogen and oxygen atoms in total. The van der Waals surface area contributed by atoms with Crippen LogP contribution in [0.5, 0.6) is 5.75 Å². The SMILES string of the molecule is O=C(COc1ccccc1)N1C(=O)c2ccccc2S1(=O)=O. The van der Waals surface area contributed by atoms with Crippen LogP contribution in [0.15, 0.2) is 59.5 Å². The molecule has 2 amide bonds. The van der Waals surface area contributed by atoms with E-state index in [0.29, 0.717) is 5.75 Å². The first-order valence-electron chi connectivity index (χ1n) is 6.41. The fraction of sp³-hybridized carbons (Fsp3) is 0.0667. The van der Waals surface area contributed by atoms with Gasteiger partial charge in [0.25, 0.3) is 21.8 Å². The quantitative estimate of drug-likeness (QED) is 0.855. The zero-order valence-corrected chi connectivity index (χ0v) is 12.1. The largest absolute Gasteiger partial charge is 0.484 e. The lowest BCUT2D eigenvalue weighted by Gasteiger charge is -2.13. The van der Waals surface area contributed by atoms with Crippen LogP contribution in [-0.4, -0.2) is 31.1 Å². The van der Waals surface area contributed by atoms with Gasteiger partial charge in [-0.05, 0) is 24.3 Å². The van der Waals surface area contributed by atoms with Crippen LogP contribution in [0.25, 0.3) is 0 Å². The summed E-state index contributed by atoms with van der Waals surface area (Å²) < 4.78 is 30.0. The predicted octanol–water partition coefficient (Wildman–Crippen LogP) is 1.44. The lowest BCUT2D eigenvalue weighted by atomic mass is 10.2. The van der Waals surface area contributed by atoms with Crippen LogP contribution in [-0.2, 0) is 14.8 Å². The van der Waals surface area contributed by atoms with E-state index in [1.165, 1.54) is 18.2 Å². The summed E-state index contributed by atoms with van der Waals surface area (Å²) in [7, 11) is -4.14. The molecule has 0 atom stereocenters. The van der Waals surface area contributed by atoms with Gasteiger partial charge in [0, 0.05) is 0 Å². The molecule has 7 heteroatoms. The van der Waals surface area contributed by atoms with E-state index in [2.05, 4.69) is 0 Å². The number of para-hydroxylation sites is 1. The molecule has 0 saturated carbocycles. The van der Waals surface area contributed by atoms with Gasteiger partial charge in [0.2, 0.25) is 0 Å². The van der Waals surface area contributed by atoms with Crippen molar-refractivity contribution in [3.63, 3.8) is 0 Å². The van der Waals surface area contributed by atoms with E-state index >= 15 is 0 Å². The maximum Gasteiger partial charge on any atom is 0.281 e. The molecule has 0 fully saturated rings. The maximum absolute atomic E-state index is 12.3. The number of hydrogen-bond acceptors (Lipinski definition) is 5. The highest BCUT2D eigenvalue weighted by molar-refractivity contribution is 7.90. The molecule has 112 valence electrons. The maximum atomic E-state index is 12.3. The minimum absolute atomic E-state index is 0.00411. The molecule has 2 aromatic rings.